The second-order valence-corrected chi connectivity index (χ2v) is 10.7. The summed E-state index contributed by atoms with van der Waals surface area (Å²) in [5, 5.41) is 1.63. The molecule has 1 aliphatic rings. The fourth-order valence-corrected chi connectivity index (χ4v) is 5.64. The Morgan fingerprint density at radius 3 is 2.19 bits per heavy atom. The zero-order chi connectivity index (χ0) is 26.4. The smallest absolute Gasteiger partial charge is 0.357 e. The van der Waals surface area contributed by atoms with Crippen LogP contribution in [0.25, 0.3) is 0 Å². The molecule has 0 amide bonds. The van der Waals surface area contributed by atoms with Crippen LogP contribution in [0.2, 0.25) is 0 Å². The molecule has 0 unspecified atom stereocenters. The normalized spacial score (nSPS) is 18.8. The molecule has 194 valence electrons. The summed E-state index contributed by atoms with van der Waals surface area (Å²) in [6, 6.07) is 14.2. The standard InChI is InChI=1S/C27H27NO7S2/c1-4-32-26(31)20-15-36-27(28-20)37-23-13-21(35-25(30)19-11-7-17(3)8-12-19)22(34-23)14-33-24(29)18-9-5-16(2)6-10-18/h5-12,15,21-23H,4,13-14H2,1-3H3/t21-,22+,23-/m0/s1. The molecule has 10 heteroatoms. The van der Waals surface area contributed by atoms with Gasteiger partial charge in [-0.15, -0.1) is 11.3 Å². The highest BCUT2D eigenvalue weighted by atomic mass is 32.2. The second-order valence-electron chi connectivity index (χ2n) is 8.45. The van der Waals surface area contributed by atoms with Crippen LogP contribution in [0.3, 0.4) is 0 Å². The molecule has 8 nitrogen and oxygen atoms in total. The molecule has 3 aromatic rings. The molecule has 0 radical (unpaired) electrons. The van der Waals surface area contributed by atoms with E-state index in [1.54, 1.807) is 36.6 Å². The largest absolute Gasteiger partial charge is 0.461 e. The second kappa shape index (κ2) is 12.4. The van der Waals surface area contributed by atoms with Crippen molar-refractivity contribution in [1.82, 2.24) is 4.98 Å². The highest BCUT2D eigenvalue weighted by Crippen LogP contribution is 2.37. The Morgan fingerprint density at radius 2 is 1.57 bits per heavy atom. The van der Waals surface area contributed by atoms with E-state index in [9.17, 15) is 14.4 Å². The Hall–Kier alpha value is -3.21. The van der Waals surface area contributed by atoms with Crippen molar-refractivity contribution in [1.29, 1.82) is 0 Å². The topological polar surface area (TPSA) is 101 Å². The lowest BCUT2D eigenvalue weighted by atomic mass is 10.1. The minimum atomic E-state index is -0.661. The van der Waals surface area contributed by atoms with Crippen LogP contribution in [-0.2, 0) is 18.9 Å². The number of ether oxygens (including phenoxy) is 4. The monoisotopic (exact) mass is 541 g/mol. The number of hydrogen-bond acceptors (Lipinski definition) is 10. The maximum absolute atomic E-state index is 12.8. The van der Waals surface area contributed by atoms with E-state index in [4.69, 9.17) is 18.9 Å². The van der Waals surface area contributed by atoms with Gasteiger partial charge in [0, 0.05) is 11.8 Å². The van der Waals surface area contributed by atoms with Gasteiger partial charge in [0.15, 0.2) is 10.0 Å². The van der Waals surface area contributed by atoms with Crippen molar-refractivity contribution < 1.29 is 33.3 Å². The first kappa shape index (κ1) is 26.8. The number of aryl methyl sites for hydroxylation is 2. The number of thioether (sulfide) groups is 1. The molecule has 1 aromatic heterocycles. The summed E-state index contributed by atoms with van der Waals surface area (Å²) in [7, 11) is 0. The van der Waals surface area contributed by atoms with E-state index in [2.05, 4.69) is 4.98 Å². The molecular formula is C27H27NO7S2. The first-order valence-electron chi connectivity index (χ1n) is 11.8. The van der Waals surface area contributed by atoms with Crippen molar-refractivity contribution in [3.8, 4) is 0 Å². The summed E-state index contributed by atoms with van der Waals surface area (Å²) in [6.45, 7) is 5.79. The minimum absolute atomic E-state index is 0.0818. The van der Waals surface area contributed by atoms with Crippen LogP contribution in [0.5, 0.6) is 0 Å². The number of nitrogens with zero attached hydrogens (tertiary/aromatic N) is 1. The zero-order valence-corrected chi connectivity index (χ0v) is 22.3. The summed E-state index contributed by atoms with van der Waals surface area (Å²) in [6.07, 6.45) is -0.934. The molecule has 0 spiro atoms. The summed E-state index contributed by atoms with van der Waals surface area (Å²) < 4.78 is 23.0. The Kier molecular flexibility index (Phi) is 8.96. The van der Waals surface area contributed by atoms with Crippen molar-refractivity contribution in [2.45, 2.75) is 49.2 Å². The summed E-state index contributed by atoms with van der Waals surface area (Å²) in [5.74, 6) is -1.45. The quantitative estimate of drug-likeness (QED) is 0.266. The van der Waals surface area contributed by atoms with Crippen molar-refractivity contribution in [3.05, 3.63) is 81.9 Å². The van der Waals surface area contributed by atoms with Crippen molar-refractivity contribution in [2.24, 2.45) is 0 Å². The van der Waals surface area contributed by atoms with E-state index in [1.165, 1.54) is 23.1 Å². The van der Waals surface area contributed by atoms with Gasteiger partial charge < -0.3 is 18.9 Å². The molecule has 1 saturated heterocycles. The van der Waals surface area contributed by atoms with Gasteiger partial charge in [-0.3, -0.25) is 0 Å². The van der Waals surface area contributed by atoms with Crippen LogP contribution >= 0.6 is 23.1 Å². The van der Waals surface area contributed by atoms with Crippen molar-refractivity contribution in [3.63, 3.8) is 0 Å². The number of benzene rings is 2. The number of aromatic nitrogens is 1. The van der Waals surface area contributed by atoms with Crippen LogP contribution in [0.4, 0.5) is 0 Å². The minimum Gasteiger partial charge on any atom is -0.461 e. The van der Waals surface area contributed by atoms with E-state index in [1.807, 2.05) is 38.1 Å². The van der Waals surface area contributed by atoms with Crippen molar-refractivity contribution in [2.75, 3.05) is 13.2 Å². The van der Waals surface area contributed by atoms with E-state index in [-0.39, 0.29) is 18.9 Å². The molecule has 37 heavy (non-hydrogen) atoms. The van der Waals surface area contributed by atoms with E-state index >= 15 is 0 Å². The summed E-state index contributed by atoms with van der Waals surface area (Å²) in [5.41, 5.74) is 2.74. The number of carbonyl (C=O) groups excluding carboxylic acids is 3. The average molecular weight is 542 g/mol. The molecule has 1 fully saturated rings. The molecule has 0 saturated carbocycles. The van der Waals surface area contributed by atoms with Gasteiger partial charge in [-0.1, -0.05) is 47.2 Å². The highest BCUT2D eigenvalue weighted by molar-refractivity contribution is 8.01. The molecule has 0 N–H and O–H groups in total. The lowest BCUT2D eigenvalue weighted by Crippen LogP contribution is -2.32. The predicted octanol–water partition coefficient (Wildman–Crippen LogP) is 5.23. The molecule has 0 aliphatic carbocycles. The van der Waals surface area contributed by atoms with Crippen LogP contribution in [0.1, 0.15) is 55.7 Å². The van der Waals surface area contributed by atoms with Gasteiger partial charge in [0.25, 0.3) is 0 Å². The number of carbonyl (C=O) groups is 3. The lowest BCUT2D eigenvalue weighted by Gasteiger charge is -2.19. The van der Waals surface area contributed by atoms with Gasteiger partial charge in [-0.25, -0.2) is 19.4 Å². The number of hydrogen-bond donors (Lipinski definition) is 0. The van der Waals surface area contributed by atoms with Gasteiger partial charge in [0.1, 0.15) is 24.3 Å². The highest BCUT2D eigenvalue weighted by Gasteiger charge is 2.40. The molecule has 0 bridgehead atoms. The fourth-order valence-electron chi connectivity index (χ4n) is 3.57. The summed E-state index contributed by atoms with van der Waals surface area (Å²) in [4.78, 5) is 41.6. The van der Waals surface area contributed by atoms with Crippen LogP contribution in [0, 0.1) is 13.8 Å². The molecule has 3 atom stereocenters. The Morgan fingerprint density at radius 1 is 0.946 bits per heavy atom. The number of esters is 3. The maximum atomic E-state index is 12.8. The fraction of sp³-hybridized carbons (Fsp3) is 0.333. The SMILES string of the molecule is CCOC(=O)c1csc(S[C@H]2C[C@H](OC(=O)c3ccc(C)cc3)[C@@H](COC(=O)c3ccc(C)cc3)O2)n1. The Bertz CT molecular complexity index is 1240. The number of thiazole rings is 1. The predicted molar refractivity (Wildman–Crippen MR) is 139 cm³/mol. The van der Waals surface area contributed by atoms with E-state index in [0.29, 0.717) is 21.9 Å². The average Bonchev–Trinajstić information content (AvgIpc) is 3.50. The first-order chi connectivity index (χ1) is 17.8. The first-order valence-corrected chi connectivity index (χ1v) is 13.5. The third-order valence-corrected chi connectivity index (χ3v) is 7.65. The van der Waals surface area contributed by atoms with Gasteiger partial charge in [-0.2, -0.15) is 0 Å². The van der Waals surface area contributed by atoms with Crippen LogP contribution < -0.4 is 0 Å². The maximum Gasteiger partial charge on any atom is 0.357 e. The zero-order valence-electron chi connectivity index (χ0n) is 20.7. The summed E-state index contributed by atoms with van der Waals surface area (Å²) >= 11 is 2.62. The van der Waals surface area contributed by atoms with Crippen molar-refractivity contribution >= 4 is 41.0 Å². The Balaban J connectivity index is 1.43. The molecule has 1 aliphatic heterocycles. The molecule has 2 heterocycles. The number of rotatable bonds is 9. The van der Waals surface area contributed by atoms with Crippen LogP contribution in [-0.4, -0.2) is 53.7 Å². The molecular weight excluding hydrogens is 514 g/mol. The lowest BCUT2D eigenvalue weighted by molar-refractivity contribution is -0.0315. The Labute approximate surface area is 223 Å². The van der Waals surface area contributed by atoms with Gasteiger partial charge in [0.05, 0.1) is 17.7 Å². The van der Waals surface area contributed by atoms with E-state index in [0.717, 1.165) is 11.1 Å². The third-order valence-electron chi connectivity index (χ3n) is 5.58. The van der Waals surface area contributed by atoms with Gasteiger partial charge in [0.2, 0.25) is 0 Å². The molecule has 4 rings (SSSR count). The molecule has 2 aromatic carbocycles. The van der Waals surface area contributed by atoms with Crippen LogP contribution in [0.15, 0.2) is 58.3 Å². The van der Waals surface area contributed by atoms with Gasteiger partial charge in [-0.05, 0) is 45.0 Å². The van der Waals surface area contributed by atoms with Gasteiger partial charge >= 0.3 is 17.9 Å². The third kappa shape index (κ3) is 7.18. The van der Waals surface area contributed by atoms with E-state index < -0.39 is 35.6 Å².